The van der Waals surface area contributed by atoms with Crippen LogP contribution in [0, 0.1) is 0 Å². The number of hydrogen-bond donors (Lipinski definition) is 3. The van der Waals surface area contributed by atoms with Gasteiger partial charge in [0.2, 0.25) is 0 Å². The summed E-state index contributed by atoms with van der Waals surface area (Å²) in [5.41, 5.74) is -1.30. The molecule has 0 aliphatic heterocycles. The summed E-state index contributed by atoms with van der Waals surface area (Å²) in [5.74, 6) is -0.422. The monoisotopic (exact) mass is 237 g/mol. The summed E-state index contributed by atoms with van der Waals surface area (Å²) in [7, 11) is 0. The van der Waals surface area contributed by atoms with Gasteiger partial charge in [-0.3, -0.25) is 14.6 Å². The fraction of sp³-hybridized carbons (Fsp3) is 0.545. The topological polar surface area (TPSA) is 94.8 Å². The number of carbonyl (C=O) groups excluding carboxylic acids is 1. The van der Waals surface area contributed by atoms with Crippen molar-refractivity contribution in [1.29, 1.82) is 0 Å². The minimum atomic E-state index is -0.651. The van der Waals surface area contributed by atoms with Gasteiger partial charge in [0.25, 0.3) is 11.5 Å². The molecule has 1 heterocycles. The van der Waals surface area contributed by atoms with E-state index >= 15 is 0 Å². The molecular formula is C11H15N3O3. The molecule has 0 spiro atoms. The first-order valence-corrected chi connectivity index (χ1v) is 5.79. The van der Waals surface area contributed by atoms with Crippen LogP contribution in [0.5, 0.6) is 0 Å². The molecule has 3 N–H and O–H groups in total. The smallest absolute Gasteiger partial charge is 0.325 e. The number of hydrogen-bond acceptors (Lipinski definition) is 3. The quantitative estimate of drug-likeness (QED) is 0.682. The summed E-state index contributed by atoms with van der Waals surface area (Å²) in [6.07, 6.45) is 6.46. The molecule has 1 saturated carbocycles. The van der Waals surface area contributed by atoms with Crippen LogP contribution in [0.15, 0.2) is 15.8 Å². The zero-order chi connectivity index (χ0) is 12.3. The molecule has 1 fully saturated rings. The average Bonchev–Trinajstić information content (AvgIpc) is 2.30. The Kier molecular flexibility index (Phi) is 3.41. The molecule has 17 heavy (non-hydrogen) atoms. The van der Waals surface area contributed by atoms with E-state index in [0.29, 0.717) is 0 Å². The lowest BCUT2D eigenvalue weighted by Gasteiger charge is -2.22. The normalized spacial score (nSPS) is 16.7. The number of aromatic amines is 2. The highest BCUT2D eigenvalue weighted by molar-refractivity contribution is 5.93. The Morgan fingerprint density at radius 2 is 1.94 bits per heavy atom. The van der Waals surface area contributed by atoms with E-state index in [9.17, 15) is 14.4 Å². The highest BCUT2D eigenvalue weighted by Crippen LogP contribution is 2.17. The molecule has 6 nitrogen and oxygen atoms in total. The number of aromatic nitrogens is 2. The van der Waals surface area contributed by atoms with Gasteiger partial charge in [0.05, 0.1) is 0 Å². The third-order valence-corrected chi connectivity index (χ3v) is 3.00. The minimum Gasteiger partial charge on any atom is -0.349 e. The number of rotatable bonds is 2. The first-order valence-electron chi connectivity index (χ1n) is 5.79. The van der Waals surface area contributed by atoms with E-state index in [1.807, 2.05) is 4.98 Å². The first-order chi connectivity index (χ1) is 8.16. The van der Waals surface area contributed by atoms with Crippen LogP contribution in [0.4, 0.5) is 0 Å². The lowest BCUT2D eigenvalue weighted by Crippen LogP contribution is -2.40. The second kappa shape index (κ2) is 4.99. The summed E-state index contributed by atoms with van der Waals surface area (Å²) in [6.45, 7) is 0. The highest BCUT2D eigenvalue weighted by atomic mass is 16.2. The van der Waals surface area contributed by atoms with Gasteiger partial charge in [-0.15, -0.1) is 0 Å². The molecule has 1 amide bonds. The second-order valence-corrected chi connectivity index (χ2v) is 4.29. The molecule has 0 bridgehead atoms. The van der Waals surface area contributed by atoms with Gasteiger partial charge < -0.3 is 10.3 Å². The van der Waals surface area contributed by atoms with Crippen molar-refractivity contribution in [2.75, 3.05) is 0 Å². The van der Waals surface area contributed by atoms with Crippen molar-refractivity contribution < 1.29 is 4.79 Å². The van der Waals surface area contributed by atoms with Gasteiger partial charge in [0.1, 0.15) is 5.56 Å². The summed E-state index contributed by atoms with van der Waals surface area (Å²) in [4.78, 5) is 38.3. The van der Waals surface area contributed by atoms with E-state index < -0.39 is 17.2 Å². The van der Waals surface area contributed by atoms with Crippen LogP contribution in [-0.4, -0.2) is 21.9 Å². The molecule has 0 saturated heterocycles. The average molecular weight is 237 g/mol. The predicted octanol–water partition coefficient (Wildman–Crippen LogP) is 0.126. The van der Waals surface area contributed by atoms with Gasteiger partial charge in [-0.05, 0) is 12.8 Å². The maximum absolute atomic E-state index is 11.8. The fourth-order valence-electron chi connectivity index (χ4n) is 2.09. The zero-order valence-corrected chi connectivity index (χ0v) is 9.41. The Balaban J connectivity index is 2.08. The molecule has 0 atom stereocenters. The Morgan fingerprint density at radius 1 is 1.24 bits per heavy atom. The van der Waals surface area contributed by atoms with Crippen molar-refractivity contribution in [1.82, 2.24) is 15.3 Å². The van der Waals surface area contributed by atoms with Crippen LogP contribution in [-0.2, 0) is 0 Å². The number of nitrogens with one attached hydrogen (secondary N) is 3. The van der Waals surface area contributed by atoms with Crippen molar-refractivity contribution in [3.05, 3.63) is 32.6 Å². The molecule has 1 aromatic heterocycles. The minimum absolute atomic E-state index is 0.0461. The summed E-state index contributed by atoms with van der Waals surface area (Å²) in [5, 5.41) is 2.81. The molecule has 1 aromatic rings. The molecule has 2 rings (SSSR count). The zero-order valence-electron chi connectivity index (χ0n) is 9.41. The molecule has 6 heteroatoms. The fourth-order valence-corrected chi connectivity index (χ4v) is 2.09. The van der Waals surface area contributed by atoms with Gasteiger partial charge in [-0.25, -0.2) is 4.79 Å². The number of amides is 1. The van der Waals surface area contributed by atoms with Gasteiger partial charge in [0, 0.05) is 12.2 Å². The summed E-state index contributed by atoms with van der Waals surface area (Å²) < 4.78 is 0. The lowest BCUT2D eigenvalue weighted by atomic mass is 9.95. The van der Waals surface area contributed by atoms with Crippen molar-refractivity contribution in [2.24, 2.45) is 0 Å². The third kappa shape index (κ3) is 2.83. The molecule has 92 valence electrons. The number of carbonyl (C=O) groups is 1. The Labute approximate surface area is 97.5 Å². The van der Waals surface area contributed by atoms with E-state index in [1.165, 1.54) is 6.42 Å². The molecule has 1 aliphatic rings. The van der Waals surface area contributed by atoms with Crippen LogP contribution >= 0.6 is 0 Å². The van der Waals surface area contributed by atoms with Gasteiger partial charge >= 0.3 is 5.69 Å². The number of H-pyrrole nitrogens is 2. The van der Waals surface area contributed by atoms with Gasteiger partial charge in [0.15, 0.2) is 0 Å². The van der Waals surface area contributed by atoms with E-state index in [0.717, 1.165) is 31.9 Å². The molecule has 0 unspecified atom stereocenters. The maximum Gasteiger partial charge on any atom is 0.325 e. The first kappa shape index (κ1) is 11.6. The van der Waals surface area contributed by atoms with Crippen LogP contribution < -0.4 is 16.6 Å². The summed E-state index contributed by atoms with van der Waals surface area (Å²) >= 11 is 0. The summed E-state index contributed by atoms with van der Waals surface area (Å²) in [6, 6.07) is 0.141. The molecule has 0 aromatic carbocycles. The molecule has 0 radical (unpaired) electrons. The predicted molar refractivity (Wildman–Crippen MR) is 62.0 cm³/mol. The van der Waals surface area contributed by atoms with E-state index in [-0.39, 0.29) is 11.6 Å². The van der Waals surface area contributed by atoms with Crippen molar-refractivity contribution in [3.63, 3.8) is 0 Å². The van der Waals surface area contributed by atoms with E-state index in [2.05, 4.69) is 10.3 Å². The lowest BCUT2D eigenvalue weighted by molar-refractivity contribution is 0.0925. The van der Waals surface area contributed by atoms with Crippen LogP contribution in [0.1, 0.15) is 42.5 Å². The third-order valence-electron chi connectivity index (χ3n) is 3.00. The standard InChI is InChI=1S/C11H15N3O3/c15-9(13-7-4-2-1-3-5-7)8-6-12-11(17)14-10(8)16/h6-7H,1-5H2,(H,13,15)(H2,12,14,16,17). The van der Waals surface area contributed by atoms with E-state index in [1.54, 1.807) is 0 Å². The maximum atomic E-state index is 11.8. The van der Waals surface area contributed by atoms with Crippen LogP contribution in [0.25, 0.3) is 0 Å². The SMILES string of the molecule is O=C(NC1CCCCC1)c1c[nH]c(=O)[nH]c1=O. The van der Waals surface area contributed by atoms with Crippen LogP contribution in [0.2, 0.25) is 0 Å². The van der Waals surface area contributed by atoms with Crippen molar-refractivity contribution in [3.8, 4) is 0 Å². The van der Waals surface area contributed by atoms with Gasteiger partial charge in [-0.1, -0.05) is 19.3 Å². The van der Waals surface area contributed by atoms with Gasteiger partial charge in [-0.2, -0.15) is 0 Å². The Morgan fingerprint density at radius 3 is 2.59 bits per heavy atom. The Bertz CT molecular complexity index is 511. The van der Waals surface area contributed by atoms with E-state index in [4.69, 9.17) is 0 Å². The Hall–Kier alpha value is -1.85. The highest BCUT2D eigenvalue weighted by Gasteiger charge is 2.18. The second-order valence-electron chi connectivity index (χ2n) is 4.29. The van der Waals surface area contributed by atoms with Crippen LogP contribution in [0.3, 0.4) is 0 Å². The largest absolute Gasteiger partial charge is 0.349 e. The molecule has 1 aliphatic carbocycles. The van der Waals surface area contributed by atoms with Crippen molar-refractivity contribution >= 4 is 5.91 Å². The molecular weight excluding hydrogens is 222 g/mol. The van der Waals surface area contributed by atoms with Crippen molar-refractivity contribution in [2.45, 2.75) is 38.1 Å².